The van der Waals surface area contributed by atoms with Gasteiger partial charge in [-0.05, 0) is 35.7 Å². The Morgan fingerprint density at radius 1 is 1.04 bits per heavy atom. The Labute approximate surface area is 170 Å². The molecule has 0 unspecified atom stereocenters. The summed E-state index contributed by atoms with van der Waals surface area (Å²) in [5, 5.41) is 4.82. The van der Waals surface area contributed by atoms with Crippen LogP contribution in [0.5, 0.6) is 0 Å². The van der Waals surface area contributed by atoms with E-state index in [0.29, 0.717) is 6.04 Å². The largest absolute Gasteiger partial charge is 0.659 e. The molecule has 1 atom stereocenters. The molecule has 2 heterocycles. The van der Waals surface area contributed by atoms with Gasteiger partial charge in [0.05, 0.1) is 0 Å². The second-order valence-corrected chi connectivity index (χ2v) is 6.93. The van der Waals surface area contributed by atoms with E-state index in [0.717, 1.165) is 19.5 Å². The summed E-state index contributed by atoms with van der Waals surface area (Å²) in [6.45, 7) is 4.33. The Morgan fingerprint density at radius 2 is 1.88 bits per heavy atom. The van der Waals surface area contributed by atoms with Gasteiger partial charge in [0.15, 0.2) is 0 Å². The average molecular weight is 394 g/mol. The number of anilines is 2. The first-order valence-electron chi connectivity index (χ1n) is 8.93. The van der Waals surface area contributed by atoms with Crippen LogP contribution in [0.15, 0.2) is 42.5 Å². The molecule has 24 heavy (non-hydrogen) atoms. The molecule has 2 aromatic rings. The minimum Gasteiger partial charge on any atom is -0.659 e. The molecule has 0 amide bonds. The third-order valence-electron chi connectivity index (χ3n) is 5.21. The molecule has 2 aliphatic rings. The van der Waals surface area contributed by atoms with Crippen molar-refractivity contribution in [2.45, 2.75) is 45.1 Å². The predicted octanol–water partition coefficient (Wildman–Crippen LogP) is 5.35. The van der Waals surface area contributed by atoms with Crippen molar-refractivity contribution in [2.75, 3.05) is 18.0 Å². The fourth-order valence-electron chi connectivity index (χ4n) is 3.94. The van der Waals surface area contributed by atoms with Crippen LogP contribution < -0.4 is 4.90 Å². The van der Waals surface area contributed by atoms with Crippen molar-refractivity contribution in [3.8, 4) is 0 Å². The van der Waals surface area contributed by atoms with Crippen LogP contribution in [0.1, 0.15) is 42.4 Å². The molecule has 4 rings (SSSR count). The zero-order valence-corrected chi connectivity index (χ0v) is 17.4. The zero-order chi connectivity index (χ0) is 15.6. The van der Waals surface area contributed by atoms with E-state index in [4.69, 9.17) is 5.32 Å². The minimum absolute atomic E-state index is 0. The fraction of sp³-hybridized carbons (Fsp3) is 0.429. The molecule has 0 spiro atoms. The summed E-state index contributed by atoms with van der Waals surface area (Å²) >= 11 is 0. The molecule has 2 aliphatic heterocycles. The smallest absolute Gasteiger partial charge is 0.0449 e. The Kier molecular flexibility index (Phi) is 6.13. The molecule has 0 aromatic heterocycles. The monoisotopic (exact) mass is 394 g/mol. The normalized spacial score (nSPS) is 19.2. The fourth-order valence-corrected chi connectivity index (χ4v) is 3.94. The first-order chi connectivity index (χ1) is 11.3. The van der Waals surface area contributed by atoms with Crippen molar-refractivity contribution in [3.05, 3.63) is 64.5 Å². The number of hydrogen-bond acceptors (Lipinski definition) is 1. The number of fused-ring (bicyclic) bond motifs is 2. The predicted molar refractivity (Wildman–Crippen MR) is 97.9 cm³/mol. The van der Waals surface area contributed by atoms with Gasteiger partial charge in [0.1, 0.15) is 0 Å². The summed E-state index contributed by atoms with van der Waals surface area (Å²) in [6.07, 6.45) is 6.12. The van der Waals surface area contributed by atoms with Gasteiger partial charge in [-0.3, -0.25) is 0 Å². The van der Waals surface area contributed by atoms with E-state index in [1.54, 1.807) is 0 Å². The second kappa shape index (κ2) is 8.12. The van der Waals surface area contributed by atoms with E-state index in [1.807, 2.05) is 0 Å². The standard InChI is InChI=1S/C21H25N2.Y/c1-16-9-10-18-15-17-6-2-3-8-20(17)23(21(18)14-16)13-11-19-7-4-5-12-22-19;/h2-3,6,8-10,14,19H,4-5,7,11-13,15H2,1H3;/q-1;/t19-;/m1./s1. The zero-order valence-electron chi connectivity index (χ0n) is 14.5. The molecule has 0 saturated carbocycles. The summed E-state index contributed by atoms with van der Waals surface area (Å²) in [4.78, 5) is 2.53. The molecule has 0 N–H and O–H groups in total. The summed E-state index contributed by atoms with van der Waals surface area (Å²) < 4.78 is 0. The number of benzene rings is 2. The average Bonchev–Trinajstić information content (AvgIpc) is 2.60. The van der Waals surface area contributed by atoms with Gasteiger partial charge >= 0.3 is 0 Å². The van der Waals surface area contributed by atoms with Crippen LogP contribution >= 0.6 is 0 Å². The molecule has 1 fully saturated rings. The SMILES string of the molecule is Cc1ccc2c(c1)N(CC[C@H]1CCCC[N-]1)c1ccccc1C2.[Y]. The van der Waals surface area contributed by atoms with Crippen LogP contribution in [0.2, 0.25) is 0 Å². The van der Waals surface area contributed by atoms with Crippen LogP contribution in [0.4, 0.5) is 11.4 Å². The minimum atomic E-state index is 0. The maximum absolute atomic E-state index is 4.82. The van der Waals surface area contributed by atoms with Crippen LogP contribution in [-0.2, 0) is 39.1 Å². The molecule has 123 valence electrons. The maximum atomic E-state index is 4.82. The van der Waals surface area contributed by atoms with E-state index in [1.165, 1.54) is 53.7 Å². The summed E-state index contributed by atoms with van der Waals surface area (Å²) in [7, 11) is 0. The Balaban J connectivity index is 0.00000169. The molecule has 2 aromatic carbocycles. The molecular formula is C21H25N2Y-. The van der Waals surface area contributed by atoms with Crippen LogP contribution in [0, 0.1) is 6.92 Å². The van der Waals surface area contributed by atoms with Gasteiger partial charge in [-0.2, -0.15) is 0 Å². The van der Waals surface area contributed by atoms with Gasteiger partial charge in [0.25, 0.3) is 0 Å². The molecule has 1 radical (unpaired) electrons. The van der Waals surface area contributed by atoms with Crippen molar-refractivity contribution in [1.82, 2.24) is 0 Å². The molecule has 2 nitrogen and oxygen atoms in total. The van der Waals surface area contributed by atoms with Gasteiger partial charge in [-0.1, -0.05) is 56.0 Å². The number of nitrogens with zero attached hydrogens (tertiary/aromatic N) is 2. The first kappa shape index (κ1) is 18.1. The van der Waals surface area contributed by atoms with Gasteiger partial charge in [0.2, 0.25) is 0 Å². The molecule has 0 bridgehead atoms. The topological polar surface area (TPSA) is 17.3 Å². The van der Waals surface area contributed by atoms with Crippen molar-refractivity contribution in [2.24, 2.45) is 0 Å². The van der Waals surface area contributed by atoms with E-state index in [9.17, 15) is 0 Å². The third-order valence-corrected chi connectivity index (χ3v) is 5.21. The molecular weight excluding hydrogens is 369 g/mol. The van der Waals surface area contributed by atoms with Gasteiger partial charge in [-0.15, -0.1) is 12.6 Å². The van der Waals surface area contributed by atoms with Crippen LogP contribution in [-0.4, -0.2) is 19.1 Å². The summed E-state index contributed by atoms with van der Waals surface area (Å²) in [5.41, 5.74) is 7.04. The van der Waals surface area contributed by atoms with E-state index >= 15 is 0 Å². The number of hydrogen-bond donors (Lipinski definition) is 0. The van der Waals surface area contributed by atoms with Gasteiger partial charge in [0, 0.05) is 57.0 Å². The third kappa shape index (κ3) is 3.76. The van der Waals surface area contributed by atoms with Crippen molar-refractivity contribution in [1.29, 1.82) is 0 Å². The van der Waals surface area contributed by atoms with Crippen molar-refractivity contribution in [3.63, 3.8) is 0 Å². The Hall–Kier alpha value is -0.696. The van der Waals surface area contributed by atoms with E-state index in [2.05, 4.69) is 54.3 Å². The van der Waals surface area contributed by atoms with Gasteiger partial charge < -0.3 is 10.2 Å². The second-order valence-electron chi connectivity index (χ2n) is 6.93. The first-order valence-corrected chi connectivity index (χ1v) is 8.93. The van der Waals surface area contributed by atoms with Crippen molar-refractivity contribution >= 4 is 11.4 Å². The number of rotatable bonds is 3. The number of piperidine rings is 1. The van der Waals surface area contributed by atoms with Crippen LogP contribution in [0.25, 0.3) is 5.32 Å². The molecule has 1 saturated heterocycles. The number of aryl methyl sites for hydroxylation is 1. The Morgan fingerprint density at radius 3 is 2.71 bits per heavy atom. The Bertz CT molecular complexity index is 692. The molecule has 3 heteroatoms. The van der Waals surface area contributed by atoms with E-state index < -0.39 is 0 Å². The molecule has 0 aliphatic carbocycles. The summed E-state index contributed by atoms with van der Waals surface area (Å²) in [5.74, 6) is 0. The van der Waals surface area contributed by atoms with E-state index in [-0.39, 0.29) is 32.7 Å². The van der Waals surface area contributed by atoms with Gasteiger partial charge in [-0.25, -0.2) is 0 Å². The van der Waals surface area contributed by atoms with Crippen LogP contribution in [0.3, 0.4) is 0 Å². The summed E-state index contributed by atoms with van der Waals surface area (Å²) in [6, 6.07) is 16.3. The van der Waals surface area contributed by atoms with Crippen molar-refractivity contribution < 1.29 is 32.7 Å². The number of para-hydroxylation sites is 1. The quantitative estimate of drug-likeness (QED) is 0.686. The maximum Gasteiger partial charge on any atom is 0.0449 e.